The van der Waals surface area contributed by atoms with Crippen molar-refractivity contribution in [3.8, 4) is 5.75 Å². The predicted octanol–water partition coefficient (Wildman–Crippen LogP) is 3.93. The lowest BCUT2D eigenvalue weighted by Gasteiger charge is -2.11. The number of carbonyl (C=O) groups excluding carboxylic acids is 2. The van der Waals surface area contributed by atoms with E-state index in [1.54, 1.807) is 19.1 Å². The molecule has 2 heterocycles. The molecule has 0 spiro atoms. The van der Waals surface area contributed by atoms with Gasteiger partial charge in [0.25, 0.3) is 11.5 Å². The van der Waals surface area contributed by atoms with Crippen molar-refractivity contribution in [2.24, 2.45) is 0 Å². The summed E-state index contributed by atoms with van der Waals surface area (Å²) in [5, 5.41) is 2.87. The molecule has 2 aromatic heterocycles. The first-order chi connectivity index (χ1) is 16.3. The zero-order valence-corrected chi connectivity index (χ0v) is 19.1. The summed E-state index contributed by atoms with van der Waals surface area (Å²) in [6, 6.07) is 14.5. The van der Waals surface area contributed by atoms with Crippen molar-refractivity contribution in [2.45, 2.75) is 20.5 Å². The lowest BCUT2D eigenvalue weighted by atomic mass is 10.2. The van der Waals surface area contributed by atoms with Gasteiger partial charge in [-0.15, -0.1) is 4.57 Å². The van der Waals surface area contributed by atoms with Crippen LogP contribution in [0.3, 0.4) is 0 Å². The van der Waals surface area contributed by atoms with Gasteiger partial charge in [-0.1, -0.05) is 23.7 Å². The van der Waals surface area contributed by atoms with Gasteiger partial charge in [-0.3, -0.25) is 9.59 Å². The summed E-state index contributed by atoms with van der Waals surface area (Å²) < 4.78 is 17.0. The maximum atomic E-state index is 12.5. The second-order valence-corrected chi connectivity index (χ2v) is 7.92. The molecule has 0 bridgehead atoms. The van der Waals surface area contributed by atoms with E-state index in [4.69, 9.17) is 25.6 Å². The van der Waals surface area contributed by atoms with Gasteiger partial charge in [0.05, 0.1) is 22.0 Å². The Kier molecular flexibility index (Phi) is 6.65. The fourth-order valence-electron chi connectivity index (χ4n) is 3.16. The molecule has 174 valence electrons. The normalized spacial score (nSPS) is 10.8. The molecule has 0 saturated carbocycles. The molecule has 1 amide bonds. The Bertz CT molecular complexity index is 1440. The number of anilines is 1. The first-order valence-corrected chi connectivity index (χ1v) is 10.6. The van der Waals surface area contributed by atoms with Crippen LogP contribution in [0.5, 0.6) is 5.75 Å². The van der Waals surface area contributed by atoms with Gasteiger partial charge < -0.3 is 19.3 Å². The summed E-state index contributed by atoms with van der Waals surface area (Å²) in [5.74, 6) is -0.0229. The number of ether oxygens (including phenoxy) is 2. The largest absolute Gasteiger partial charge is 0.484 e. The molecule has 1 N–H and O–H groups in total. The van der Waals surface area contributed by atoms with E-state index in [1.165, 1.54) is 24.3 Å². The number of benzene rings is 2. The lowest BCUT2D eigenvalue weighted by molar-refractivity contribution is -0.118. The molecule has 0 saturated heterocycles. The van der Waals surface area contributed by atoms with Gasteiger partial charge in [-0.2, -0.15) is 0 Å². The third-order valence-corrected chi connectivity index (χ3v) is 5.04. The number of aromatic nitrogens is 2. The van der Waals surface area contributed by atoms with Gasteiger partial charge in [-0.05, 0) is 49.7 Å². The van der Waals surface area contributed by atoms with Crippen LogP contribution in [0.25, 0.3) is 5.65 Å². The molecule has 0 fully saturated rings. The van der Waals surface area contributed by atoms with Gasteiger partial charge in [0.1, 0.15) is 18.1 Å². The summed E-state index contributed by atoms with van der Waals surface area (Å²) in [7, 11) is 0. The van der Waals surface area contributed by atoms with Gasteiger partial charge >= 0.3 is 5.97 Å². The summed E-state index contributed by atoms with van der Waals surface area (Å²) in [5.41, 5.74) is 1.58. The maximum absolute atomic E-state index is 12.5. The quantitative estimate of drug-likeness (QED) is 0.398. The number of amides is 1. The summed E-state index contributed by atoms with van der Waals surface area (Å²) in [6.45, 7) is 3.16. The van der Waals surface area contributed by atoms with Crippen LogP contribution >= 0.6 is 11.6 Å². The van der Waals surface area contributed by atoms with Crippen LogP contribution in [0.2, 0.25) is 5.02 Å². The van der Waals surface area contributed by atoms with Gasteiger partial charge in [0.2, 0.25) is 0 Å². The van der Waals surface area contributed by atoms with E-state index in [9.17, 15) is 14.4 Å². The second-order valence-electron chi connectivity index (χ2n) is 7.51. The molecule has 9 nitrogen and oxygen atoms in total. The summed E-state index contributed by atoms with van der Waals surface area (Å²) in [6.07, 6.45) is 0. The number of hydrogen-bond donors (Lipinski definition) is 1. The van der Waals surface area contributed by atoms with Crippen LogP contribution in [0.15, 0.2) is 63.9 Å². The fourth-order valence-corrected chi connectivity index (χ4v) is 3.32. The Morgan fingerprint density at radius 2 is 1.94 bits per heavy atom. The molecule has 0 radical (unpaired) electrons. The number of aryl methyl sites for hydroxylation is 2. The topological polar surface area (TPSA) is 112 Å². The lowest BCUT2D eigenvalue weighted by Crippen LogP contribution is -2.20. The molecule has 0 aliphatic rings. The molecule has 0 unspecified atom stereocenters. The number of fused-ring (bicyclic) bond motifs is 1. The molecule has 0 aliphatic heterocycles. The molecule has 0 atom stereocenters. The Hall–Kier alpha value is -4.11. The van der Waals surface area contributed by atoms with Crippen LogP contribution in [-0.2, 0) is 16.1 Å². The average molecular weight is 482 g/mol. The van der Waals surface area contributed by atoms with Crippen molar-refractivity contribution >= 4 is 34.8 Å². The van der Waals surface area contributed by atoms with Crippen molar-refractivity contribution in [1.29, 1.82) is 0 Å². The third kappa shape index (κ3) is 5.44. The van der Waals surface area contributed by atoms with Crippen molar-refractivity contribution < 1.29 is 23.6 Å². The van der Waals surface area contributed by atoms with E-state index >= 15 is 0 Å². The molecule has 4 aromatic rings. The van der Waals surface area contributed by atoms with Gasteiger partial charge in [0.15, 0.2) is 12.3 Å². The van der Waals surface area contributed by atoms with Crippen LogP contribution in [0.4, 0.5) is 5.69 Å². The second kappa shape index (κ2) is 9.80. The molecule has 2 aromatic carbocycles. The number of carbonyl (C=O) groups is 2. The van der Waals surface area contributed by atoms with E-state index in [-0.39, 0.29) is 35.2 Å². The van der Waals surface area contributed by atoms with Crippen molar-refractivity contribution in [2.75, 3.05) is 11.9 Å². The van der Waals surface area contributed by atoms with Crippen molar-refractivity contribution in [3.05, 3.63) is 92.6 Å². The van der Waals surface area contributed by atoms with Crippen LogP contribution in [0.1, 0.15) is 27.4 Å². The van der Waals surface area contributed by atoms with E-state index in [0.29, 0.717) is 17.2 Å². The first kappa shape index (κ1) is 23.1. The number of esters is 1. The van der Waals surface area contributed by atoms with E-state index < -0.39 is 17.4 Å². The SMILES string of the molecule is Cc1cccc(OCC(=O)Nc2cc(C(=O)OCc3cc(=O)n4oc(C)cc4n3)ccc2Cl)c1. The van der Waals surface area contributed by atoms with Crippen molar-refractivity contribution in [1.82, 2.24) is 9.56 Å². The summed E-state index contributed by atoms with van der Waals surface area (Å²) in [4.78, 5) is 41.2. The highest BCUT2D eigenvalue weighted by Crippen LogP contribution is 2.24. The standard InChI is InChI=1S/C24H20ClN3O6/c1-14-4-3-5-18(8-14)32-13-22(29)27-20-10-16(6-7-19(20)25)24(31)33-12-17-11-23(30)28-21(26-17)9-15(2)34-28/h3-11H,12-13H2,1-2H3,(H,27,29). The average Bonchev–Trinajstić information content (AvgIpc) is 3.18. The Morgan fingerprint density at radius 3 is 2.74 bits per heavy atom. The van der Waals surface area contributed by atoms with E-state index in [1.807, 2.05) is 25.1 Å². The Balaban J connectivity index is 1.39. The molecule has 4 rings (SSSR count). The molecular weight excluding hydrogens is 462 g/mol. The van der Waals surface area contributed by atoms with Crippen LogP contribution in [-0.4, -0.2) is 28.0 Å². The van der Waals surface area contributed by atoms with Crippen LogP contribution < -0.4 is 15.6 Å². The number of halogens is 1. The minimum Gasteiger partial charge on any atom is -0.484 e. The Morgan fingerprint density at radius 1 is 1.12 bits per heavy atom. The number of nitrogens with one attached hydrogen (secondary N) is 1. The van der Waals surface area contributed by atoms with Gasteiger partial charge in [-0.25, -0.2) is 9.78 Å². The van der Waals surface area contributed by atoms with Crippen LogP contribution in [0, 0.1) is 13.8 Å². The Labute approximate surface area is 198 Å². The minimum atomic E-state index is -0.673. The summed E-state index contributed by atoms with van der Waals surface area (Å²) >= 11 is 6.17. The third-order valence-electron chi connectivity index (χ3n) is 4.71. The van der Waals surface area contributed by atoms with E-state index in [2.05, 4.69) is 10.3 Å². The molecular formula is C24H20ClN3O6. The van der Waals surface area contributed by atoms with Gasteiger partial charge in [0, 0.05) is 12.1 Å². The first-order valence-electron chi connectivity index (χ1n) is 10.2. The number of nitrogens with zero attached hydrogens (tertiary/aromatic N) is 2. The molecule has 0 aliphatic carbocycles. The van der Waals surface area contributed by atoms with E-state index in [0.717, 1.165) is 10.1 Å². The fraction of sp³-hybridized carbons (Fsp3) is 0.167. The number of hydrogen-bond acceptors (Lipinski definition) is 7. The monoisotopic (exact) mass is 481 g/mol. The highest BCUT2D eigenvalue weighted by molar-refractivity contribution is 6.33. The maximum Gasteiger partial charge on any atom is 0.338 e. The zero-order chi connectivity index (χ0) is 24.2. The van der Waals surface area contributed by atoms with Crippen molar-refractivity contribution in [3.63, 3.8) is 0 Å². The highest BCUT2D eigenvalue weighted by Gasteiger charge is 2.14. The minimum absolute atomic E-state index is 0.163. The number of rotatable bonds is 7. The zero-order valence-electron chi connectivity index (χ0n) is 18.3. The predicted molar refractivity (Wildman–Crippen MR) is 124 cm³/mol. The molecule has 34 heavy (non-hydrogen) atoms. The molecule has 10 heteroatoms. The highest BCUT2D eigenvalue weighted by atomic mass is 35.5. The smallest absolute Gasteiger partial charge is 0.338 e.